The fourth-order valence-corrected chi connectivity index (χ4v) is 4.29. The molecule has 1 aliphatic rings. The fraction of sp³-hybridized carbons (Fsp3) is 0.409. The lowest BCUT2D eigenvalue weighted by molar-refractivity contribution is -0.123. The molecule has 0 unspecified atom stereocenters. The maximum atomic E-state index is 12.8. The van der Waals surface area contributed by atoms with Crippen molar-refractivity contribution in [3.05, 3.63) is 53.6 Å². The van der Waals surface area contributed by atoms with Crippen LogP contribution in [0.1, 0.15) is 38.8 Å². The molecule has 0 saturated carbocycles. The lowest BCUT2D eigenvalue weighted by atomic mass is 9.95. The number of nitrogens with zero attached hydrogens (tertiary/aromatic N) is 1. The minimum Gasteiger partial charge on any atom is -0.326 e. The van der Waals surface area contributed by atoms with E-state index in [9.17, 15) is 13.2 Å². The average molecular weight is 416 g/mol. The first kappa shape index (κ1) is 21.3. The van der Waals surface area contributed by atoms with Gasteiger partial charge in [-0.3, -0.25) is 14.4 Å². The number of amides is 1. The topological polar surface area (TPSA) is 78.5 Å². The second-order valence-electron chi connectivity index (χ2n) is 8.44. The molecule has 0 fully saturated rings. The highest BCUT2D eigenvalue weighted by Gasteiger charge is 2.22. The molecule has 2 aromatic rings. The lowest BCUT2D eigenvalue weighted by Crippen LogP contribution is -2.30. The third-order valence-corrected chi connectivity index (χ3v) is 6.48. The van der Waals surface area contributed by atoms with Gasteiger partial charge in [0.1, 0.15) is 0 Å². The van der Waals surface area contributed by atoms with E-state index in [0.717, 1.165) is 31.6 Å². The zero-order valence-electron chi connectivity index (χ0n) is 17.5. The summed E-state index contributed by atoms with van der Waals surface area (Å²) in [4.78, 5) is 14.6. The number of nitrogens with one attached hydrogen (secondary N) is 2. The van der Waals surface area contributed by atoms with Gasteiger partial charge in [-0.1, -0.05) is 33.8 Å². The van der Waals surface area contributed by atoms with Gasteiger partial charge in [-0.2, -0.15) is 0 Å². The zero-order chi connectivity index (χ0) is 21.2. The van der Waals surface area contributed by atoms with Gasteiger partial charge in [0.2, 0.25) is 5.91 Å². The Morgan fingerprint density at radius 3 is 2.31 bits per heavy atom. The van der Waals surface area contributed by atoms with Gasteiger partial charge in [0.15, 0.2) is 0 Å². The molecule has 3 rings (SSSR count). The highest BCUT2D eigenvalue weighted by Crippen LogP contribution is 2.25. The number of fused-ring (bicyclic) bond motifs is 1. The van der Waals surface area contributed by atoms with Crippen LogP contribution >= 0.6 is 0 Å². The van der Waals surface area contributed by atoms with Gasteiger partial charge < -0.3 is 5.32 Å². The molecule has 156 valence electrons. The van der Waals surface area contributed by atoms with Crippen LogP contribution in [0.2, 0.25) is 0 Å². The van der Waals surface area contributed by atoms with Gasteiger partial charge in [0.25, 0.3) is 10.0 Å². The fourth-order valence-electron chi connectivity index (χ4n) is 3.18. The standard InChI is InChI=1S/C22H29N3O3S/c1-5-25-13-12-16-6-11-20(14-17(16)15-25)29(27,28)24-19-9-7-18(8-10-19)23-21(26)22(2,3)4/h6-11,14,24H,5,12-13,15H2,1-4H3,(H,23,26). The summed E-state index contributed by atoms with van der Waals surface area (Å²) in [6.07, 6.45) is 0.943. The number of benzene rings is 2. The van der Waals surface area contributed by atoms with Gasteiger partial charge in [-0.25, -0.2) is 8.42 Å². The molecule has 0 radical (unpaired) electrons. The first-order chi connectivity index (χ1) is 13.6. The van der Waals surface area contributed by atoms with E-state index in [1.165, 1.54) is 5.56 Å². The molecule has 2 N–H and O–H groups in total. The summed E-state index contributed by atoms with van der Waals surface area (Å²) < 4.78 is 28.3. The predicted octanol–water partition coefficient (Wildman–Crippen LogP) is 3.85. The van der Waals surface area contributed by atoms with Crippen LogP contribution in [0.5, 0.6) is 0 Å². The highest BCUT2D eigenvalue weighted by atomic mass is 32.2. The van der Waals surface area contributed by atoms with Crippen molar-refractivity contribution in [3.8, 4) is 0 Å². The third kappa shape index (κ3) is 5.16. The highest BCUT2D eigenvalue weighted by molar-refractivity contribution is 7.92. The van der Waals surface area contributed by atoms with Crippen molar-refractivity contribution in [2.24, 2.45) is 5.41 Å². The number of carbonyl (C=O) groups excluding carboxylic acids is 1. The number of likely N-dealkylation sites (N-methyl/N-ethyl adjacent to an activating group) is 1. The summed E-state index contributed by atoms with van der Waals surface area (Å²) >= 11 is 0. The molecule has 6 nitrogen and oxygen atoms in total. The summed E-state index contributed by atoms with van der Waals surface area (Å²) in [7, 11) is -3.69. The maximum Gasteiger partial charge on any atom is 0.261 e. The Balaban J connectivity index is 1.74. The molecule has 0 atom stereocenters. The number of hydrogen-bond donors (Lipinski definition) is 2. The number of rotatable bonds is 5. The van der Waals surface area contributed by atoms with Crippen molar-refractivity contribution < 1.29 is 13.2 Å². The van der Waals surface area contributed by atoms with Gasteiger partial charge in [0, 0.05) is 29.9 Å². The molecular formula is C22H29N3O3S. The van der Waals surface area contributed by atoms with Crippen LogP contribution in [0.3, 0.4) is 0 Å². The summed E-state index contributed by atoms with van der Waals surface area (Å²) in [6.45, 7) is 10.4. The Kier molecular flexibility index (Phi) is 6.00. The molecule has 2 aromatic carbocycles. The van der Waals surface area contributed by atoms with E-state index in [2.05, 4.69) is 21.9 Å². The first-order valence-electron chi connectivity index (χ1n) is 9.87. The molecule has 1 amide bonds. The zero-order valence-corrected chi connectivity index (χ0v) is 18.3. The molecule has 0 aromatic heterocycles. The summed E-state index contributed by atoms with van der Waals surface area (Å²) in [6, 6.07) is 12.0. The van der Waals surface area contributed by atoms with E-state index >= 15 is 0 Å². The minimum absolute atomic E-state index is 0.0963. The van der Waals surface area contributed by atoms with Crippen LogP contribution in [0.15, 0.2) is 47.4 Å². The van der Waals surface area contributed by atoms with Crippen LogP contribution in [-0.2, 0) is 27.8 Å². The van der Waals surface area contributed by atoms with Gasteiger partial charge >= 0.3 is 0 Å². The third-order valence-electron chi connectivity index (χ3n) is 5.10. The molecule has 7 heteroatoms. The molecule has 29 heavy (non-hydrogen) atoms. The molecule has 0 saturated heterocycles. The van der Waals surface area contributed by atoms with Crippen molar-refractivity contribution in [1.82, 2.24) is 4.90 Å². The van der Waals surface area contributed by atoms with E-state index < -0.39 is 15.4 Å². The van der Waals surface area contributed by atoms with E-state index in [1.807, 2.05) is 26.8 Å². The number of anilines is 2. The summed E-state index contributed by atoms with van der Waals surface area (Å²) in [5.41, 5.74) is 2.86. The molecule has 1 aliphatic heterocycles. The molecule has 0 aliphatic carbocycles. The van der Waals surface area contributed by atoms with E-state index in [4.69, 9.17) is 0 Å². The Labute approximate surface area is 173 Å². The summed E-state index contributed by atoms with van der Waals surface area (Å²) in [5, 5.41) is 2.83. The van der Waals surface area contributed by atoms with Gasteiger partial charge in [-0.05, 0) is 60.5 Å². The monoisotopic (exact) mass is 415 g/mol. The molecule has 0 spiro atoms. The summed E-state index contributed by atoms with van der Waals surface area (Å²) in [5.74, 6) is -0.0963. The number of carbonyl (C=O) groups is 1. The van der Waals surface area contributed by atoms with Crippen LogP contribution in [0, 0.1) is 5.41 Å². The Hall–Kier alpha value is -2.38. The van der Waals surface area contributed by atoms with Crippen LogP contribution in [-0.4, -0.2) is 32.3 Å². The maximum absolute atomic E-state index is 12.8. The Bertz CT molecular complexity index is 993. The normalized spacial score (nSPS) is 14.9. The van der Waals surface area contributed by atoms with Crippen molar-refractivity contribution >= 4 is 27.3 Å². The average Bonchev–Trinajstić information content (AvgIpc) is 2.67. The molecule has 0 bridgehead atoms. The second kappa shape index (κ2) is 8.16. The van der Waals surface area contributed by atoms with Crippen molar-refractivity contribution in [1.29, 1.82) is 0 Å². The van der Waals surface area contributed by atoms with Gasteiger partial charge in [-0.15, -0.1) is 0 Å². The van der Waals surface area contributed by atoms with Crippen molar-refractivity contribution in [3.63, 3.8) is 0 Å². The lowest BCUT2D eigenvalue weighted by Gasteiger charge is -2.27. The van der Waals surface area contributed by atoms with E-state index in [1.54, 1.807) is 36.4 Å². The van der Waals surface area contributed by atoms with Crippen LogP contribution in [0.25, 0.3) is 0 Å². The quantitative estimate of drug-likeness (QED) is 0.777. The smallest absolute Gasteiger partial charge is 0.261 e. The Morgan fingerprint density at radius 2 is 1.69 bits per heavy atom. The Morgan fingerprint density at radius 1 is 1.03 bits per heavy atom. The largest absolute Gasteiger partial charge is 0.326 e. The van der Waals surface area contributed by atoms with E-state index in [-0.39, 0.29) is 10.8 Å². The van der Waals surface area contributed by atoms with Gasteiger partial charge in [0.05, 0.1) is 4.90 Å². The van der Waals surface area contributed by atoms with Crippen molar-refractivity contribution in [2.45, 2.75) is 45.6 Å². The minimum atomic E-state index is -3.69. The van der Waals surface area contributed by atoms with E-state index in [0.29, 0.717) is 11.4 Å². The SMILES string of the molecule is CCN1CCc2ccc(S(=O)(=O)Nc3ccc(NC(=O)C(C)(C)C)cc3)cc2C1. The number of hydrogen-bond acceptors (Lipinski definition) is 4. The number of sulfonamides is 1. The van der Waals surface area contributed by atoms with Crippen molar-refractivity contribution in [2.75, 3.05) is 23.1 Å². The molecule has 1 heterocycles. The second-order valence-corrected chi connectivity index (χ2v) is 10.1. The predicted molar refractivity (Wildman–Crippen MR) is 116 cm³/mol. The molecular weight excluding hydrogens is 386 g/mol. The van der Waals surface area contributed by atoms with Crippen LogP contribution in [0.4, 0.5) is 11.4 Å². The van der Waals surface area contributed by atoms with Crippen LogP contribution < -0.4 is 10.0 Å². The first-order valence-corrected chi connectivity index (χ1v) is 11.4.